The van der Waals surface area contributed by atoms with E-state index in [1.807, 2.05) is 61.5 Å². The van der Waals surface area contributed by atoms with Crippen LogP contribution in [-0.4, -0.2) is 23.2 Å². The minimum Gasteiger partial charge on any atom is -0.511 e. The molecular weight excluding hydrogens is 374 g/mol. The van der Waals surface area contributed by atoms with Gasteiger partial charge in [0.05, 0.1) is 11.3 Å². The summed E-state index contributed by atoms with van der Waals surface area (Å²) < 4.78 is 0. The van der Waals surface area contributed by atoms with Crippen LogP contribution in [-0.2, 0) is 16.1 Å². The predicted octanol–water partition coefficient (Wildman–Crippen LogP) is 5.73. The molecule has 1 unspecified atom stereocenters. The van der Waals surface area contributed by atoms with Crippen molar-refractivity contribution in [3.8, 4) is 0 Å². The molecule has 0 saturated carbocycles. The molecule has 0 spiro atoms. The molecule has 152 valence electrons. The van der Waals surface area contributed by atoms with Crippen LogP contribution < -0.4 is 0 Å². The molecule has 0 aromatic heterocycles. The van der Waals surface area contributed by atoms with E-state index < -0.39 is 0 Å². The van der Waals surface area contributed by atoms with E-state index in [0.29, 0.717) is 37.2 Å². The molecule has 3 aromatic carbocycles. The number of rotatable bonds is 6. The number of carbonyl (C=O) groups is 1. The summed E-state index contributed by atoms with van der Waals surface area (Å²) in [7, 11) is 0. The third kappa shape index (κ3) is 4.13. The van der Waals surface area contributed by atoms with Gasteiger partial charge in [0, 0.05) is 19.3 Å². The molecule has 0 bridgehead atoms. The highest BCUT2D eigenvalue weighted by atomic mass is 16.6. The molecule has 0 fully saturated rings. The van der Waals surface area contributed by atoms with Crippen LogP contribution in [0.15, 0.2) is 89.3 Å². The van der Waals surface area contributed by atoms with E-state index >= 15 is 0 Å². The number of Topliss-reactive ketones (excluding diaryl/α,β-unsaturated/α-hetero) is 1. The maximum Gasteiger partial charge on any atom is 0.168 e. The Morgan fingerprint density at radius 2 is 1.73 bits per heavy atom. The molecule has 0 amide bonds. The van der Waals surface area contributed by atoms with E-state index in [-0.39, 0.29) is 17.5 Å². The standard InChI is InChI=1S/C26H25NO3/c1-2-30-27-23(15-20-13-8-12-19-11-6-7-14-22(19)20)26-24(28)16-21(17-25(26)29)18-9-4-3-5-10-18/h3-14,21,28H,2,15-17H2,1H3/b27-23-. The maximum atomic E-state index is 13.1. The Hall–Kier alpha value is -3.40. The van der Waals surface area contributed by atoms with Crippen LogP contribution in [0.3, 0.4) is 0 Å². The minimum atomic E-state index is -0.0914. The van der Waals surface area contributed by atoms with E-state index in [0.717, 1.165) is 21.9 Å². The summed E-state index contributed by atoms with van der Waals surface area (Å²) in [6.45, 7) is 2.25. The predicted molar refractivity (Wildman–Crippen MR) is 120 cm³/mol. The number of aliphatic hydroxyl groups excluding tert-OH is 1. The lowest BCUT2D eigenvalue weighted by Crippen LogP contribution is -2.25. The molecule has 0 saturated heterocycles. The van der Waals surface area contributed by atoms with Crippen LogP contribution >= 0.6 is 0 Å². The molecule has 1 aliphatic rings. The summed E-state index contributed by atoms with van der Waals surface area (Å²) in [6.07, 6.45) is 1.19. The molecule has 4 nitrogen and oxygen atoms in total. The number of carbonyl (C=O) groups excluding carboxylic acids is 1. The fourth-order valence-electron chi connectivity index (χ4n) is 4.12. The molecule has 3 aromatic rings. The van der Waals surface area contributed by atoms with E-state index in [2.05, 4.69) is 23.4 Å². The maximum absolute atomic E-state index is 13.1. The van der Waals surface area contributed by atoms with Gasteiger partial charge in [-0.2, -0.15) is 0 Å². The van der Waals surface area contributed by atoms with E-state index in [9.17, 15) is 9.90 Å². The average molecular weight is 399 g/mol. The molecule has 1 atom stereocenters. The van der Waals surface area contributed by atoms with Crippen LogP contribution in [0.2, 0.25) is 0 Å². The van der Waals surface area contributed by atoms with Crippen molar-refractivity contribution in [1.82, 2.24) is 0 Å². The first kappa shape index (κ1) is 19.9. The number of nitrogens with zero attached hydrogens (tertiary/aromatic N) is 1. The van der Waals surface area contributed by atoms with E-state index in [1.165, 1.54) is 0 Å². The zero-order valence-corrected chi connectivity index (χ0v) is 17.0. The Kier molecular flexibility index (Phi) is 5.94. The summed E-state index contributed by atoms with van der Waals surface area (Å²) in [5.41, 5.74) is 2.91. The molecule has 0 aliphatic heterocycles. The SMILES string of the molecule is CCO/N=C(/Cc1cccc2ccccc12)C1=C(O)CC(c2ccccc2)CC1=O. The highest BCUT2D eigenvalue weighted by Crippen LogP contribution is 2.34. The lowest BCUT2D eigenvalue weighted by molar-refractivity contribution is -0.116. The summed E-state index contributed by atoms with van der Waals surface area (Å²) >= 11 is 0. The topological polar surface area (TPSA) is 58.9 Å². The first-order valence-corrected chi connectivity index (χ1v) is 10.3. The van der Waals surface area contributed by atoms with Crippen molar-refractivity contribution in [3.63, 3.8) is 0 Å². The Morgan fingerprint density at radius 3 is 2.50 bits per heavy atom. The third-order valence-corrected chi connectivity index (χ3v) is 5.54. The second-order valence-electron chi connectivity index (χ2n) is 7.53. The average Bonchev–Trinajstić information content (AvgIpc) is 2.77. The Bertz CT molecular complexity index is 1110. The molecule has 4 rings (SSSR count). The summed E-state index contributed by atoms with van der Waals surface area (Å²) in [5.74, 6) is -0.0153. The number of fused-ring (bicyclic) bond motifs is 1. The second-order valence-corrected chi connectivity index (χ2v) is 7.53. The number of hydrogen-bond donors (Lipinski definition) is 1. The molecular formula is C26H25NO3. The highest BCUT2D eigenvalue weighted by Gasteiger charge is 2.32. The summed E-state index contributed by atoms with van der Waals surface area (Å²) in [6, 6.07) is 24.1. The Labute approximate surface area is 176 Å². The summed E-state index contributed by atoms with van der Waals surface area (Å²) in [5, 5.41) is 17.3. The van der Waals surface area contributed by atoms with Gasteiger partial charge in [0.25, 0.3) is 0 Å². The number of ketones is 1. The molecule has 4 heteroatoms. The second kappa shape index (κ2) is 8.95. The van der Waals surface area contributed by atoms with E-state index in [4.69, 9.17) is 4.84 Å². The molecule has 1 aliphatic carbocycles. The van der Waals surface area contributed by atoms with Crippen molar-refractivity contribution in [3.05, 3.63) is 95.3 Å². The number of benzene rings is 3. The van der Waals surface area contributed by atoms with Gasteiger partial charge in [0.15, 0.2) is 5.78 Å². The number of hydrogen-bond acceptors (Lipinski definition) is 4. The minimum absolute atomic E-state index is 0.0200. The molecule has 1 N–H and O–H groups in total. The zero-order chi connectivity index (χ0) is 20.9. The van der Waals surface area contributed by atoms with Crippen LogP contribution in [0.1, 0.15) is 36.8 Å². The van der Waals surface area contributed by atoms with Crippen LogP contribution in [0.5, 0.6) is 0 Å². The van der Waals surface area contributed by atoms with Crippen molar-refractivity contribution in [2.24, 2.45) is 5.16 Å². The Morgan fingerprint density at radius 1 is 1.00 bits per heavy atom. The Balaban J connectivity index is 1.69. The van der Waals surface area contributed by atoms with Gasteiger partial charge < -0.3 is 9.94 Å². The van der Waals surface area contributed by atoms with Gasteiger partial charge in [-0.1, -0.05) is 78.0 Å². The van der Waals surface area contributed by atoms with Gasteiger partial charge >= 0.3 is 0 Å². The van der Waals surface area contributed by atoms with Crippen LogP contribution in [0.25, 0.3) is 10.8 Å². The molecule has 0 radical (unpaired) electrons. The van der Waals surface area contributed by atoms with Crippen molar-refractivity contribution in [2.75, 3.05) is 6.61 Å². The van der Waals surface area contributed by atoms with Gasteiger partial charge in [0.1, 0.15) is 12.4 Å². The normalized spacial score (nSPS) is 17.4. The van der Waals surface area contributed by atoms with Crippen molar-refractivity contribution >= 4 is 22.3 Å². The highest BCUT2D eigenvalue weighted by molar-refractivity contribution is 6.24. The number of allylic oxidation sites excluding steroid dienone is 2. The number of oxime groups is 1. The fraction of sp³-hybridized carbons (Fsp3) is 0.231. The molecule has 30 heavy (non-hydrogen) atoms. The third-order valence-electron chi connectivity index (χ3n) is 5.54. The lowest BCUT2D eigenvalue weighted by Gasteiger charge is -2.24. The molecule has 0 heterocycles. The smallest absolute Gasteiger partial charge is 0.168 e. The van der Waals surface area contributed by atoms with E-state index in [1.54, 1.807) is 0 Å². The van der Waals surface area contributed by atoms with Gasteiger partial charge in [0.2, 0.25) is 0 Å². The van der Waals surface area contributed by atoms with Gasteiger partial charge in [-0.15, -0.1) is 0 Å². The monoisotopic (exact) mass is 399 g/mol. The first-order valence-electron chi connectivity index (χ1n) is 10.3. The zero-order valence-electron chi connectivity index (χ0n) is 17.0. The lowest BCUT2D eigenvalue weighted by atomic mass is 9.80. The summed E-state index contributed by atoms with van der Waals surface area (Å²) in [4.78, 5) is 18.4. The first-order chi connectivity index (χ1) is 14.7. The van der Waals surface area contributed by atoms with Crippen molar-refractivity contribution in [1.29, 1.82) is 0 Å². The fourth-order valence-corrected chi connectivity index (χ4v) is 4.12. The van der Waals surface area contributed by atoms with Crippen LogP contribution in [0.4, 0.5) is 0 Å². The van der Waals surface area contributed by atoms with Crippen LogP contribution in [0, 0.1) is 0 Å². The van der Waals surface area contributed by atoms with Gasteiger partial charge in [-0.3, -0.25) is 4.79 Å². The quantitative estimate of drug-likeness (QED) is 0.425. The largest absolute Gasteiger partial charge is 0.511 e. The van der Waals surface area contributed by atoms with Gasteiger partial charge in [-0.25, -0.2) is 0 Å². The number of aliphatic hydroxyl groups is 1. The van der Waals surface area contributed by atoms with Crippen molar-refractivity contribution < 1.29 is 14.7 Å². The van der Waals surface area contributed by atoms with Gasteiger partial charge in [-0.05, 0) is 34.7 Å². The van der Waals surface area contributed by atoms with Crippen molar-refractivity contribution in [2.45, 2.75) is 32.1 Å².